The van der Waals surface area contributed by atoms with Crippen LogP contribution in [0.1, 0.15) is 213 Å². The van der Waals surface area contributed by atoms with Gasteiger partial charge in [-0.05, 0) is 64.2 Å². The Kier molecular flexibility index (Phi) is 37.2. The molecule has 1 saturated carbocycles. The summed E-state index contributed by atoms with van der Waals surface area (Å²) in [6.07, 6.45) is 32.4. The zero-order valence-corrected chi connectivity index (χ0v) is 39.4. The number of phosphoric acid groups is 1. The number of hydrogen-bond acceptors (Lipinski definition) is 11. The first kappa shape index (κ1) is 57.8. The lowest BCUT2D eigenvalue weighted by Crippen LogP contribution is -2.64. The number of unbranched alkanes of at least 4 members (excludes halogenated alkanes) is 26. The topological polar surface area (TPSA) is 192 Å². The molecule has 6 unspecified atom stereocenters. The number of carbonyl (C=O) groups excluding carboxylic acids is 1. The molecule has 360 valence electrons. The Morgan fingerprint density at radius 1 is 0.508 bits per heavy atom. The predicted molar refractivity (Wildman–Crippen MR) is 244 cm³/mol. The van der Waals surface area contributed by atoms with Crippen molar-refractivity contribution in [1.29, 1.82) is 0 Å². The average molecular weight is 891 g/mol. The summed E-state index contributed by atoms with van der Waals surface area (Å²) in [7, 11) is -5.02. The zero-order chi connectivity index (χ0) is 44.8. The van der Waals surface area contributed by atoms with E-state index in [-0.39, 0.29) is 13.0 Å². The third-order valence-corrected chi connectivity index (χ3v) is 12.5. The zero-order valence-electron chi connectivity index (χ0n) is 38.5. The van der Waals surface area contributed by atoms with Crippen LogP contribution in [0.4, 0.5) is 0 Å². The molecule has 1 rings (SSSR count). The van der Waals surface area contributed by atoms with Gasteiger partial charge < -0.3 is 39.9 Å². The van der Waals surface area contributed by atoms with Crippen LogP contribution in [-0.4, -0.2) is 98.9 Å². The van der Waals surface area contributed by atoms with Crippen molar-refractivity contribution in [2.24, 2.45) is 0 Å². The third kappa shape index (κ3) is 31.4. The van der Waals surface area contributed by atoms with Crippen LogP contribution in [0.5, 0.6) is 0 Å². The summed E-state index contributed by atoms with van der Waals surface area (Å²) in [5, 5.41) is 50.2. The molecular weight excluding hydrogens is 799 g/mol. The summed E-state index contributed by atoms with van der Waals surface area (Å²) in [6.45, 7) is 4.26. The number of aliphatic hydroxyl groups excluding tert-OH is 5. The molecule has 1 aliphatic carbocycles. The first-order valence-corrected chi connectivity index (χ1v) is 26.2. The Hall–Kier alpha value is -1.18. The maximum atomic E-state index is 12.8. The average Bonchev–Trinajstić information content (AvgIpc) is 3.24. The standard InChI is InChI=1S/C48H91O12P/c1-3-5-7-9-11-13-15-17-19-20-21-22-24-26-28-30-32-34-36-38-57-39-41(40-58-61(55,56)60-48-46(53)44(51)43(50)45(52)47(48)54)59-42(49)37-35-33-31-29-27-25-23-18-16-14-12-10-8-6-4-2/h18-20,23,41,43-48,50-54H,3-17,21-22,24-40H2,1-2H3,(H,55,56)/b20-19-,23-18-. The van der Waals surface area contributed by atoms with Crippen molar-refractivity contribution in [3.8, 4) is 0 Å². The van der Waals surface area contributed by atoms with Gasteiger partial charge in [-0.1, -0.05) is 167 Å². The number of hydrogen-bond donors (Lipinski definition) is 6. The summed E-state index contributed by atoms with van der Waals surface area (Å²) in [6, 6.07) is 0. The molecule has 0 spiro atoms. The third-order valence-electron chi connectivity index (χ3n) is 11.5. The number of phosphoric ester groups is 1. The van der Waals surface area contributed by atoms with Crippen molar-refractivity contribution in [2.45, 2.75) is 256 Å². The van der Waals surface area contributed by atoms with E-state index >= 15 is 0 Å². The molecule has 0 aromatic heterocycles. The molecule has 0 aliphatic heterocycles. The molecule has 61 heavy (non-hydrogen) atoms. The van der Waals surface area contributed by atoms with E-state index in [0.717, 1.165) is 57.8 Å². The lowest BCUT2D eigenvalue weighted by molar-refractivity contribution is -0.220. The van der Waals surface area contributed by atoms with Gasteiger partial charge in [-0.25, -0.2) is 4.57 Å². The number of carbonyl (C=O) groups is 1. The number of allylic oxidation sites excluding steroid dienone is 4. The van der Waals surface area contributed by atoms with Crippen LogP contribution in [-0.2, 0) is 27.9 Å². The summed E-state index contributed by atoms with van der Waals surface area (Å²) in [5.74, 6) is -0.485. The van der Waals surface area contributed by atoms with Gasteiger partial charge in [0.1, 0.15) is 42.7 Å². The second-order valence-corrected chi connectivity index (χ2v) is 18.7. The largest absolute Gasteiger partial charge is 0.472 e. The van der Waals surface area contributed by atoms with Gasteiger partial charge in [0.2, 0.25) is 0 Å². The molecule has 12 nitrogen and oxygen atoms in total. The van der Waals surface area contributed by atoms with Gasteiger partial charge in [0.25, 0.3) is 0 Å². The minimum absolute atomic E-state index is 0.0795. The van der Waals surface area contributed by atoms with E-state index in [1.807, 2.05) is 0 Å². The van der Waals surface area contributed by atoms with Crippen molar-refractivity contribution < 1.29 is 58.3 Å². The molecular formula is C48H91O12P. The monoisotopic (exact) mass is 891 g/mol. The Morgan fingerprint density at radius 2 is 0.869 bits per heavy atom. The second kappa shape index (κ2) is 39.2. The molecule has 0 aromatic rings. The van der Waals surface area contributed by atoms with E-state index in [9.17, 15) is 39.8 Å². The molecule has 0 amide bonds. The Morgan fingerprint density at radius 3 is 1.30 bits per heavy atom. The Bertz CT molecular complexity index is 1110. The maximum absolute atomic E-state index is 12.8. The Labute approximate surface area is 370 Å². The molecule has 6 atom stereocenters. The van der Waals surface area contributed by atoms with E-state index in [2.05, 4.69) is 38.2 Å². The van der Waals surface area contributed by atoms with Crippen LogP contribution >= 0.6 is 7.82 Å². The summed E-state index contributed by atoms with van der Waals surface area (Å²) in [4.78, 5) is 23.2. The van der Waals surface area contributed by atoms with Gasteiger partial charge in [0, 0.05) is 13.0 Å². The van der Waals surface area contributed by atoms with E-state index < -0.39 is 63.1 Å². The van der Waals surface area contributed by atoms with Crippen LogP contribution in [0.25, 0.3) is 0 Å². The SMILES string of the molecule is CCCCCCCC/C=C\CCCCCCCC(=O)OC(COCCCCCCCCCC/C=C\CCCCCCCCC)COP(=O)(O)OC1C(O)C(O)C(O)C(O)C1O. The molecule has 6 N–H and O–H groups in total. The summed E-state index contributed by atoms with van der Waals surface area (Å²) < 4.78 is 34.2. The van der Waals surface area contributed by atoms with Crippen LogP contribution in [0.3, 0.4) is 0 Å². The van der Waals surface area contributed by atoms with Crippen LogP contribution in [0, 0.1) is 0 Å². The molecule has 0 radical (unpaired) electrons. The fourth-order valence-electron chi connectivity index (χ4n) is 7.58. The minimum Gasteiger partial charge on any atom is -0.457 e. The van der Waals surface area contributed by atoms with Crippen LogP contribution in [0.2, 0.25) is 0 Å². The molecule has 1 aliphatic rings. The normalized spacial score (nSPS) is 22.3. The molecule has 13 heteroatoms. The van der Waals surface area contributed by atoms with E-state index in [1.165, 1.54) is 128 Å². The Balaban J connectivity index is 2.36. The lowest BCUT2D eigenvalue weighted by Gasteiger charge is -2.41. The molecule has 1 fully saturated rings. The van der Waals surface area contributed by atoms with Crippen LogP contribution < -0.4 is 0 Å². The maximum Gasteiger partial charge on any atom is 0.472 e. The highest BCUT2D eigenvalue weighted by molar-refractivity contribution is 7.47. The molecule has 0 heterocycles. The van der Waals surface area contributed by atoms with E-state index in [0.29, 0.717) is 13.0 Å². The van der Waals surface area contributed by atoms with Crippen molar-refractivity contribution in [3.05, 3.63) is 24.3 Å². The number of ether oxygens (including phenoxy) is 2. The van der Waals surface area contributed by atoms with Gasteiger partial charge >= 0.3 is 13.8 Å². The molecule has 0 bridgehead atoms. The van der Waals surface area contributed by atoms with E-state index in [1.54, 1.807) is 0 Å². The van der Waals surface area contributed by atoms with Crippen molar-refractivity contribution in [3.63, 3.8) is 0 Å². The van der Waals surface area contributed by atoms with Gasteiger partial charge in [-0.2, -0.15) is 0 Å². The lowest BCUT2D eigenvalue weighted by atomic mass is 9.85. The highest BCUT2D eigenvalue weighted by Crippen LogP contribution is 2.47. The number of rotatable bonds is 42. The van der Waals surface area contributed by atoms with Crippen molar-refractivity contribution in [2.75, 3.05) is 19.8 Å². The fraction of sp³-hybridized carbons (Fsp3) is 0.896. The first-order chi connectivity index (χ1) is 29.5. The van der Waals surface area contributed by atoms with Crippen LogP contribution in [0.15, 0.2) is 24.3 Å². The van der Waals surface area contributed by atoms with Gasteiger partial charge in [0.05, 0.1) is 13.2 Å². The highest BCUT2D eigenvalue weighted by atomic mass is 31.2. The number of esters is 1. The quantitative estimate of drug-likeness (QED) is 0.0147. The summed E-state index contributed by atoms with van der Waals surface area (Å²) >= 11 is 0. The highest BCUT2D eigenvalue weighted by Gasteiger charge is 2.51. The molecule has 0 saturated heterocycles. The predicted octanol–water partition coefficient (Wildman–Crippen LogP) is 10.5. The first-order valence-electron chi connectivity index (χ1n) is 24.7. The van der Waals surface area contributed by atoms with Crippen molar-refractivity contribution >= 4 is 13.8 Å². The van der Waals surface area contributed by atoms with Crippen molar-refractivity contribution in [1.82, 2.24) is 0 Å². The van der Waals surface area contributed by atoms with Gasteiger partial charge in [0.15, 0.2) is 0 Å². The van der Waals surface area contributed by atoms with Gasteiger partial charge in [-0.3, -0.25) is 13.8 Å². The van der Waals surface area contributed by atoms with E-state index in [4.69, 9.17) is 18.5 Å². The summed E-state index contributed by atoms with van der Waals surface area (Å²) in [5.41, 5.74) is 0. The fourth-order valence-corrected chi connectivity index (χ4v) is 8.55. The number of aliphatic hydroxyl groups is 5. The van der Waals surface area contributed by atoms with Gasteiger partial charge in [-0.15, -0.1) is 0 Å². The minimum atomic E-state index is -5.02. The second-order valence-electron chi connectivity index (χ2n) is 17.3. The molecule has 0 aromatic carbocycles. The smallest absolute Gasteiger partial charge is 0.457 e.